The summed E-state index contributed by atoms with van der Waals surface area (Å²) in [6.07, 6.45) is 2.80. The summed E-state index contributed by atoms with van der Waals surface area (Å²) in [5.74, 6) is 0.873. The van der Waals surface area contributed by atoms with Crippen LogP contribution in [0.15, 0.2) is 79.0 Å². The molecule has 1 heterocycles. The SMILES string of the molecule is Cc1cc(OCCCn2cc(C(=O)c3ccccc3)c3ccccc32)ccc1Cl. The lowest BCUT2D eigenvalue weighted by atomic mass is 10.0. The molecule has 0 spiro atoms. The van der Waals surface area contributed by atoms with Gasteiger partial charge in [-0.15, -0.1) is 0 Å². The van der Waals surface area contributed by atoms with Crippen LogP contribution in [0.25, 0.3) is 10.9 Å². The highest BCUT2D eigenvalue weighted by atomic mass is 35.5. The van der Waals surface area contributed by atoms with Gasteiger partial charge in [0.05, 0.1) is 6.61 Å². The third kappa shape index (κ3) is 4.20. The minimum atomic E-state index is 0.0495. The van der Waals surface area contributed by atoms with Crippen molar-refractivity contribution in [1.82, 2.24) is 4.57 Å². The van der Waals surface area contributed by atoms with Gasteiger partial charge in [0.1, 0.15) is 5.75 Å². The lowest BCUT2D eigenvalue weighted by molar-refractivity contribution is 0.104. The molecule has 0 aliphatic carbocycles. The van der Waals surface area contributed by atoms with E-state index >= 15 is 0 Å². The molecule has 0 fully saturated rings. The molecule has 3 nitrogen and oxygen atoms in total. The van der Waals surface area contributed by atoms with Gasteiger partial charge in [0.15, 0.2) is 5.78 Å². The second kappa shape index (κ2) is 8.54. The van der Waals surface area contributed by atoms with Crippen molar-refractivity contribution in [2.45, 2.75) is 19.9 Å². The minimum Gasteiger partial charge on any atom is -0.494 e. The second-order valence-corrected chi connectivity index (χ2v) is 7.47. The fourth-order valence-electron chi connectivity index (χ4n) is 3.49. The van der Waals surface area contributed by atoms with Crippen LogP contribution in [0.1, 0.15) is 27.9 Å². The molecule has 4 heteroatoms. The average Bonchev–Trinajstić information content (AvgIpc) is 3.12. The molecule has 0 N–H and O–H groups in total. The third-order valence-corrected chi connectivity index (χ3v) is 5.43. The van der Waals surface area contributed by atoms with E-state index in [4.69, 9.17) is 16.3 Å². The highest BCUT2D eigenvalue weighted by Crippen LogP contribution is 2.25. The Morgan fingerprint density at radius 3 is 2.55 bits per heavy atom. The first-order chi connectivity index (χ1) is 14.1. The Labute approximate surface area is 175 Å². The number of benzene rings is 3. The van der Waals surface area contributed by atoms with Gasteiger partial charge < -0.3 is 9.30 Å². The standard InChI is InChI=1S/C25H22ClNO2/c1-18-16-20(12-13-23(18)26)29-15-7-14-27-17-22(21-10-5-6-11-24(21)27)25(28)19-8-3-2-4-9-19/h2-6,8-13,16-17H,7,14-15H2,1H3. The number of fused-ring (bicyclic) bond motifs is 1. The molecule has 0 aliphatic heterocycles. The smallest absolute Gasteiger partial charge is 0.195 e. The van der Waals surface area contributed by atoms with E-state index in [1.54, 1.807) is 0 Å². The number of nitrogens with zero attached hydrogens (tertiary/aromatic N) is 1. The van der Waals surface area contributed by atoms with Crippen molar-refractivity contribution in [2.75, 3.05) is 6.61 Å². The first kappa shape index (κ1) is 19.3. The summed E-state index contributed by atoms with van der Waals surface area (Å²) in [4.78, 5) is 13.0. The topological polar surface area (TPSA) is 31.2 Å². The Kier molecular flexibility index (Phi) is 5.68. The highest BCUT2D eigenvalue weighted by molar-refractivity contribution is 6.31. The van der Waals surface area contributed by atoms with Gasteiger partial charge in [-0.2, -0.15) is 0 Å². The molecule has 0 amide bonds. The number of rotatable bonds is 7. The number of aromatic nitrogens is 1. The van der Waals surface area contributed by atoms with Crippen molar-refractivity contribution in [3.05, 3.63) is 101 Å². The number of para-hydroxylation sites is 1. The summed E-state index contributed by atoms with van der Waals surface area (Å²) in [5.41, 5.74) is 3.51. The summed E-state index contributed by atoms with van der Waals surface area (Å²) in [5, 5.41) is 1.72. The van der Waals surface area contributed by atoms with E-state index in [9.17, 15) is 4.79 Å². The summed E-state index contributed by atoms with van der Waals surface area (Å²) < 4.78 is 8.00. The maximum Gasteiger partial charge on any atom is 0.195 e. The molecule has 0 saturated heterocycles. The van der Waals surface area contributed by atoms with Gasteiger partial charge in [-0.25, -0.2) is 0 Å². The predicted molar refractivity (Wildman–Crippen MR) is 118 cm³/mol. The number of halogens is 1. The van der Waals surface area contributed by atoms with Gasteiger partial charge in [-0.3, -0.25) is 4.79 Å². The first-order valence-electron chi connectivity index (χ1n) is 9.70. The van der Waals surface area contributed by atoms with E-state index in [0.717, 1.165) is 45.8 Å². The predicted octanol–water partition coefficient (Wildman–Crippen LogP) is 6.30. The normalized spacial score (nSPS) is 11.0. The van der Waals surface area contributed by atoms with Crippen molar-refractivity contribution in [3.63, 3.8) is 0 Å². The molecule has 0 unspecified atom stereocenters. The fraction of sp³-hybridized carbons (Fsp3) is 0.160. The zero-order valence-corrected chi connectivity index (χ0v) is 17.0. The van der Waals surface area contributed by atoms with Crippen LogP contribution in [0.2, 0.25) is 5.02 Å². The number of aryl methyl sites for hydroxylation is 2. The number of carbonyl (C=O) groups excluding carboxylic acids is 1. The molecule has 0 radical (unpaired) electrons. The van der Waals surface area contributed by atoms with E-state index in [2.05, 4.69) is 10.6 Å². The molecule has 1 aromatic heterocycles. The summed E-state index contributed by atoms with van der Waals surface area (Å²) in [6.45, 7) is 3.33. The van der Waals surface area contributed by atoms with Gasteiger partial charge in [-0.1, -0.05) is 60.1 Å². The number of ether oxygens (including phenoxy) is 1. The second-order valence-electron chi connectivity index (χ2n) is 7.06. The maximum absolute atomic E-state index is 13.0. The Morgan fingerprint density at radius 2 is 1.76 bits per heavy atom. The molecule has 4 rings (SSSR count). The molecule has 0 bridgehead atoms. The molecule has 3 aromatic carbocycles. The number of ketones is 1. The lowest BCUT2D eigenvalue weighted by Crippen LogP contribution is -2.04. The van der Waals surface area contributed by atoms with Crippen LogP contribution in [0.3, 0.4) is 0 Å². The maximum atomic E-state index is 13.0. The van der Waals surface area contributed by atoms with Crippen LogP contribution in [0.4, 0.5) is 0 Å². The third-order valence-electron chi connectivity index (χ3n) is 5.01. The van der Waals surface area contributed by atoms with E-state index in [0.29, 0.717) is 12.2 Å². The van der Waals surface area contributed by atoms with Crippen molar-refractivity contribution in [2.24, 2.45) is 0 Å². The zero-order chi connectivity index (χ0) is 20.2. The number of carbonyl (C=O) groups is 1. The van der Waals surface area contributed by atoms with Gasteiger partial charge in [0, 0.05) is 39.8 Å². The zero-order valence-electron chi connectivity index (χ0n) is 16.3. The van der Waals surface area contributed by atoms with Crippen LogP contribution >= 0.6 is 11.6 Å². The van der Waals surface area contributed by atoms with Crippen LogP contribution in [-0.2, 0) is 6.54 Å². The van der Waals surface area contributed by atoms with Crippen LogP contribution in [0.5, 0.6) is 5.75 Å². The number of hydrogen-bond acceptors (Lipinski definition) is 2. The molecule has 0 saturated carbocycles. The van der Waals surface area contributed by atoms with E-state index in [1.807, 2.05) is 79.9 Å². The molecular formula is C25H22ClNO2. The van der Waals surface area contributed by atoms with Crippen molar-refractivity contribution in [3.8, 4) is 5.75 Å². The quantitative estimate of drug-likeness (QED) is 0.267. The summed E-state index contributed by atoms with van der Waals surface area (Å²) >= 11 is 6.06. The van der Waals surface area contributed by atoms with Crippen molar-refractivity contribution in [1.29, 1.82) is 0 Å². The van der Waals surface area contributed by atoms with E-state index in [1.165, 1.54) is 0 Å². The first-order valence-corrected chi connectivity index (χ1v) is 10.1. The highest BCUT2D eigenvalue weighted by Gasteiger charge is 2.16. The molecule has 0 aliphatic rings. The fourth-order valence-corrected chi connectivity index (χ4v) is 3.61. The molecule has 4 aromatic rings. The monoisotopic (exact) mass is 403 g/mol. The Hall–Kier alpha value is -3.04. The summed E-state index contributed by atoms with van der Waals surface area (Å²) in [6, 6.07) is 23.1. The molecule has 0 atom stereocenters. The van der Waals surface area contributed by atoms with E-state index < -0.39 is 0 Å². The van der Waals surface area contributed by atoms with Gasteiger partial charge in [0.2, 0.25) is 0 Å². The Morgan fingerprint density at radius 1 is 1.00 bits per heavy atom. The minimum absolute atomic E-state index is 0.0495. The molecule has 146 valence electrons. The summed E-state index contributed by atoms with van der Waals surface area (Å²) in [7, 11) is 0. The molecule has 29 heavy (non-hydrogen) atoms. The van der Waals surface area contributed by atoms with Crippen molar-refractivity contribution >= 4 is 28.3 Å². The van der Waals surface area contributed by atoms with Crippen LogP contribution < -0.4 is 4.74 Å². The Bertz CT molecular complexity index is 1150. The Balaban J connectivity index is 1.49. The molecular weight excluding hydrogens is 382 g/mol. The van der Waals surface area contributed by atoms with Gasteiger partial charge in [0.25, 0.3) is 0 Å². The number of hydrogen-bond donors (Lipinski definition) is 0. The van der Waals surface area contributed by atoms with E-state index in [-0.39, 0.29) is 5.78 Å². The van der Waals surface area contributed by atoms with Crippen molar-refractivity contribution < 1.29 is 9.53 Å². The van der Waals surface area contributed by atoms with Gasteiger partial charge in [-0.05, 0) is 43.2 Å². The van der Waals surface area contributed by atoms with Gasteiger partial charge >= 0.3 is 0 Å². The largest absolute Gasteiger partial charge is 0.494 e. The van der Waals surface area contributed by atoms with Crippen LogP contribution in [-0.4, -0.2) is 17.0 Å². The lowest BCUT2D eigenvalue weighted by Gasteiger charge is -2.09. The van der Waals surface area contributed by atoms with Crippen LogP contribution in [0, 0.1) is 6.92 Å². The average molecular weight is 404 g/mol.